The molecule has 4 N–H and O–H groups in total. The van der Waals surface area contributed by atoms with Crippen LogP contribution in [0.4, 0.5) is 5.82 Å². The molecular weight excluding hydrogens is 318 g/mol. The summed E-state index contributed by atoms with van der Waals surface area (Å²) in [6.07, 6.45) is 3.13. The largest absolute Gasteiger partial charge is 0.496 e. The summed E-state index contributed by atoms with van der Waals surface area (Å²) in [4.78, 5) is 25.3. The van der Waals surface area contributed by atoms with Gasteiger partial charge < -0.3 is 16.2 Å². The number of methoxy groups -OCH3 is 1. The van der Waals surface area contributed by atoms with E-state index in [0.717, 1.165) is 29.5 Å². The molecule has 1 aromatic heterocycles. The van der Waals surface area contributed by atoms with Crippen LogP contribution in [0.25, 0.3) is 5.69 Å². The molecule has 132 valence electrons. The number of aryl methyl sites for hydroxylation is 1. The fourth-order valence-corrected chi connectivity index (χ4v) is 3.81. The second kappa shape index (κ2) is 6.27. The molecule has 0 aliphatic heterocycles. The lowest BCUT2D eigenvalue weighted by atomic mass is 9.88. The second-order valence-corrected chi connectivity index (χ2v) is 6.49. The Hall–Kier alpha value is -2.76. The van der Waals surface area contributed by atoms with Gasteiger partial charge in [-0.1, -0.05) is 6.07 Å². The Labute approximate surface area is 146 Å². The van der Waals surface area contributed by atoms with Crippen molar-refractivity contribution >= 4 is 11.7 Å². The summed E-state index contributed by atoms with van der Waals surface area (Å²) in [5.41, 5.74) is 15.7. The van der Waals surface area contributed by atoms with Crippen molar-refractivity contribution in [2.24, 2.45) is 5.73 Å². The topological polar surface area (TPSA) is 100 Å². The van der Waals surface area contributed by atoms with Crippen molar-refractivity contribution in [3.8, 4) is 11.4 Å². The lowest BCUT2D eigenvalue weighted by Gasteiger charge is -2.24. The van der Waals surface area contributed by atoms with Crippen LogP contribution in [0.2, 0.25) is 0 Å². The number of carbonyl (C=O) groups excluding carboxylic acids is 1. The van der Waals surface area contributed by atoms with Gasteiger partial charge >= 0.3 is 0 Å². The first kappa shape index (κ1) is 17.1. The average molecular weight is 341 g/mol. The van der Waals surface area contributed by atoms with Crippen LogP contribution in [0.1, 0.15) is 45.5 Å². The van der Waals surface area contributed by atoms with E-state index in [9.17, 15) is 9.59 Å². The van der Waals surface area contributed by atoms with E-state index in [-0.39, 0.29) is 16.9 Å². The molecule has 0 radical (unpaired) electrons. The average Bonchev–Trinajstić information content (AvgIpc) is 2.57. The SMILES string of the molecule is COc1ccc(C)c(-n2c(N)c(C(N)=O)c3c(c2=O)CCCC3)c1C. The number of pyridine rings is 1. The highest BCUT2D eigenvalue weighted by Crippen LogP contribution is 2.32. The number of hydrogen-bond acceptors (Lipinski definition) is 4. The third kappa shape index (κ3) is 2.58. The van der Waals surface area contributed by atoms with E-state index in [1.165, 1.54) is 4.57 Å². The first-order valence-electron chi connectivity index (χ1n) is 8.39. The third-order valence-corrected chi connectivity index (χ3v) is 5.00. The number of carbonyl (C=O) groups is 1. The van der Waals surface area contributed by atoms with Crippen molar-refractivity contribution in [2.75, 3.05) is 12.8 Å². The van der Waals surface area contributed by atoms with Crippen LogP contribution in [0.15, 0.2) is 16.9 Å². The minimum Gasteiger partial charge on any atom is -0.496 e. The maximum Gasteiger partial charge on any atom is 0.260 e. The monoisotopic (exact) mass is 341 g/mol. The van der Waals surface area contributed by atoms with Gasteiger partial charge in [0.05, 0.1) is 18.4 Å². The normalized spacial score (nSPS) is 13.4. The lowest BCUT2D eigenvalue weighted by Crippen LogP contribution is -2.33. The quantitative estimate of drug-likeness (QED) is 0.892. The van der Waals surface area contributed by atoms with Crippen molar-refractivity contribution < 1.29 is 9.53 Å². The molecule has 25 heavy (non-hydrogen) atoms. The number of hydrogen-bond donors (Lipinski definition) is 2. The molecule has 6 heteroatoms. The molecule has 3 rings (SSSR count). The van der Waals surface area contributed by atoms with Crippen molar-refractivity contribution in [1.82, 2.24) is 4.57 Å². The Morgan fingerprint density at radius 2 is 1.80 bits per heavy atom. The van der Waals surface area contributed by atoms with Crippen molar-refractivity contribution in [2.45, 2.75) is 39.5 Å². The summed E-state index contributed by atoms with van der Waals surface area (Å²) >= 11 is 0. The number of fused-ring (bicyclic) bond motifs is 1. The van der Waals surface area contributed by atoms with E-state index in [1.54, 1.807) is 7.11 Å². The zero-order valence-electron chi connectivity index (χ0n) is 14.8. The van der Waals surface area contributed by atoms with E-state index < -0.39 is 5.91 Å². The maximum atomic E-state index is 13.2. The number of benzene rings is 1. The number of nitrogens with two attached hydrogens (primary N) is 2. The van der Waals surface area contributed by atoms with E-state index in [1.807, 2.05) is 26.0 Å². The molecule has 0 saturated carbocycles. The first-order valence-corrected chi connectivity index (χ1v) is 8.39. The molecular formula is C19H23N3O3. The maximum absolute atomic E-state index is 13.2. The van der Waals surface area contributed by atoms with Gasteiger partial charge in [-0.15, -0.1) is 0 Å². The van der Waals surface area contributed by atoms with Crippen LogP contribution < -0.4 is 21.8 Å². The number of anilines is 1. The van der Waals surface area contributed by atoms with Crippen LogP contribution >= 0.6 is 0 Å². The Morgan fingerprint density at radius 1 is 1.16 bits per heavy atom. The van der Waals surface area contributed by atoms with Gasteiger partial charge in [0.1, 0.15) is 11.6 Å². The van der Waals surface area contributed by atoms with Gasteiger partial charge in [-0.3, -0.25) is 14.2 Å². The lowest BCUT2D eigenvalue weighted by molar-refractivity contribution is 0.0999. The number of amides is 1. The molecule has 6 nitrogen and oxygen atoms in total. The van der Waals surface area contributed by atoms with E-state index in [4.69, 9.17) is 16.2 Å². The molecule has 1 heterocycles. The molecule has 1 aromatic carbocycles. The Bertz CT molecular complexity index is 929. The fourth-order valence-electron chi connectivity index (χ4n) is 3.81. The van der Waals surface area contributed by atoms with Gasteiger partial charge in [-0.05, 0) is 56.7 Å². The predicted octanol–water partition coefficient (Wildman–Crippen LogP) is 2.02. The minimum absolute atomic E-state index is 0.109. The van der Waals surface area contributed by atoms with E-state index in [0.29, 0.717) is 29.8 Å². The molecule has 1 amide bonds. The number of ether oxygens (including phenoxy) is 1. The van der Waals surface area contributed by atoms with Crippen molar-refractivity contribution in [3.63, 3.8) is 0 Å². The first-order chi connectivity index (χ1) is 11.9. The summed E-state index contributed by atoms with van der Waals surface area (Å²) in [6.45, 7) is 3.77. The summed E-state index contributed by atoms with van der Waals surface area (Å²) < 4.78 is 6.81. The third-order valence-electron chi connectivity index (χ3n) is 5.00. The van der Waals surface area contributed by atoms with Gasteiger partial charge in [0.25, 0.3) is 11.5 Å². The molecule has 0 spiro atoms. The minimum atomic E-state index is -0.595. The van der Waals surface area contributed by atoms with Crippen LogP contribution in [-0.2, 0) is 12.8 Å². The van der Waals surface area contributed by atoms with Crippen LogP contribution in [0, 0.1) is 13.8 Å². The number of nitrogens with zero attached hydrogens (tertiary/aromatic N) is 1. The fraction of sp³-hybridized carbons (Fsp3) is 0.368. The van der Waals surface area contributed by atoms with E-state index in [2.05, 4.69) is 0 Å². The number of aromatic nitrogens is 1. The molecule has 0 saturated heterocycles. The summed E-state index contributed by atoms with van der Waals surface area (Å²) in [5.74, 6) is 0.172. The number of rotatable bonds is 3. The van der Waals surface area contributed by atoms with Crippen LogP contribution in [-0.4, -0.2) is 17.6 Å². The Balaban J connectivity index is 2.45. The summed E-state index contributed by atoms with van der Waals surface area (Å²) in [6, 6.07) is 3.72. The van der Waals surface area contributed by atoms with Gasteiger partial charge in [0.15, 0.2) is 0 Å². The zero-order valence-corrected chi connectivity index (χ0v) is 14.8. The molecule has 2 aromatic rings. The molecule has 0 atom stereocenters. The highest BCUT2D eigenvalue weighted by molar-refractivity contribution is 5.99. The van der Waals surface area contributed by atoms with Crippen molar-refractivity contribution in [3.05, 3.63) is 50.3 Å². The van der Waals surface area contributed by atoms with Gasteiger partial charge in [0, 0.05) is 11.1 Å². The van der Waals surface area contributed by atoms with E-state index >= 15 is 0 Å². The Morgan fingerprint density at radius 3 is 2.40 bits per heavy atom. The highest BCUT2D eigenvalue weighted by atomic mass is 16.5. The van der Waals surface area contributed by atoms with Crippen molar-refractivity contribution in [1.29, 1.82) is 0 Å². The molecule has 0 bridgehead atoms. The van der Waals surface area contributed by atoms with Gasteiger partial charge in [-0.2, -0.15) is 0 Å². The van der Waals surface area contributed by atoms with Gasteiger partial charge in [0.2, 0.25) is 0 Å². The summed E-state index contributed by atoms with van der Waals surface area (Å²) in [5, 5.41) is 0. The molecule has 0 fully saturated rings. The van der Waals surface area contributed by atoms with Gasteiger partial charge in [-0.25, -0.2) is 0 Å². The highest BCUT2D eigenvalue weighted by Gasteiger charge is 2.27. The summed E-state index contributed by atoms with van der Waals surface area (Å²) in [7, 11) is 1.58. The molecule has 1 aliphatic rings. The standard InChI is InChI=1S/C19H23N3O3/c1-10-8-9-14(25-3)11(2)16(10)22-17(20)15(18(21)23)12-6-4-5-7-13(12)19(22)24/h8-9H,4-7,20H2,1-3H3,(H2,21,23). The second-order valence-electron chi connectivity index (χ2n) is 6.49. The van der Waals surface area contributed by atoms with Crippen LogP contribution in [0.3, 0.4) is 0 Å². The smallest absolute Gasteiger partial charge is 0.260 e. The molecule has 1 aliphatic carbocycles. The number of primary amides is 1. The zero-order chi connectivity index (χ0) is 18.3. The number of nitrogen functional groups attached to an aromatic ring is 1. The predicted molar refractivity (Wildman–Crippen MR) is 97.6 cm³/mol. The Kier molecular flexibility index (Phi) is 4.29. The molecule has 0 unspecified atom stereocenters. The van der Waals surface area contributed by atoms with Crippen LogP contribution in [0.5, 0.6) is 5.75 Å².